The van der Waals surface area contributed by atoms with Crippen molar-refractivity contribution in [1.82, 2.24) is 0 Å². The van der Waals surface area contributed by atoms with Gasteiger partial charge >= 0.3 is 10.1 Å². The van der Waals surface area contributed by atoms with Crippen LogP contribution in [0.1, 0.15) is 25.7 Å². The molecule has 0 aromatic heterocycles. The molecule has 0 N–H and O–H groups in total. The van der Waals surface area contributed by atoms with E-state index in [-0.39, 0.29) is 4.90 Å². The molecule has 0 aliphatic heterocycles. The zero-order chi connectivity index (χ0) is 11.9. The zero-order valence-corrected chi connectivity index (χ0v) is 10.2. The highest BCUT2D eigenvalue weighted by Gasteiger charge is 2.33. The molecule has 0 saturated heterocycles. The molecule has 90 valence electrons. The minimum atomic E-state index is -3.62. The monoisotopic (exact) mass is 250 g/mol. The molecule has 2 aliphatic rings. The van der Waals surface area contributed by atoms with Gasteiger partial charge in [0.25, 0.3) is 0 Å². The Hall–Kier alpha value is -1.29. The van der Waals surface area contributed by atoms with E-state index in [1.807, 2.05) is 0 Å². The summed E-state index contributed by atoms with van der Waals surface area (Å²) in [7, 11) is -3.62. The first-order valence-electron chi connectivity index (χ1n) is 5.85. The van der Waals surface area contributed by atoms with Crippen molar-refractivity contribution in [3.8, 4) is 0 Å². The van der Waals surface area contributed by atoms with E-state index in [0.717, 1.165) is 19.3 Å². The predicted octanol–water partition coefficient (Wildman–Crippen LogP) is 2.85. The maximum Gasteiger partial charge on any atom is 0.338 e. The summed E-state index contributed by atoms with van der Waals surface area (Å²) in [6.45, 7) is 0. The van der Waals surface area contributed by atoms with Gasteiger partial charge in [-0.3, -0.25) is 0 Å². The van der Waals surface area contributed by atoms with Gasteiger partial charge in [-0.2, -0.15) is 8.42 Å². The first-order valence-corrected chi connectivity index (χ1v) is 7.26. The summed E-state index contributed by atoms with van der Waals surface area (Å²) in [6.07, 6.45) is 4.01. The molecule has 1 aromatic carbocycles. The molecule has 1 saturated carbocycles. The van der Waals surface area contributed by atoms with Gasteiger partial charge in [0, 0.05) is 6.42 Å². The molecule has 1 atom stereocenters. The van der Waals surface area contributed by atoms with Crippen LogP contribution in [0, 0.1) is 5.92 Å². The Morgan fingerprint density at radius 3 is 2.47 bits per heavy atom. The van der Waals surface area contributed by atoms with Gasteiger partial charge in [0.2, 0.25) is 0 Å². The van der Waals surface area contributed by atoms with Crippen molar-refractivity contribution in [3.05, 3.63) is 41.7 Å². The van der Waals surface area contributed by atoms with Gasteiger partial charge in [-0.25, -0.2) is 0 Å². The maximum absolute atomic E-state index is 12.0. The van der Waals surface area contributed by atoms with Crippen molar-refractivity contribution in [2.75, 3.05) is 0 Å². The third-order valence-corrected chi connectivity index (χ3v) is 4.77. The van der Waals surface area contributed by atoms with Crippen LogP contribution in [0.3, 0.4) is 0 Å². The Labute approximate surface area is 101 Å². The minimum Gasteiger partial charge on any atom is -0.384 e. The number of allylic oxidation sites excluding steroid dienone is 2. The van der Waals surface area contributed by atoms with Crippen LogP contribution >= 0.6 is 0 Å². The SMILES string of the molecule is O=S(=O)(OC1=C2CCC(C2)C1)c1ccccc1. The van der Waals surface area contributed by atoms with Crippen molar-refractivity contribution >= 4 is 10.1 Å². The van der Waals surface area contributed by atoms with Crippen LogP contribution in [0.2, 0.25) is 0 Å². The highest BCUT2D eigenvalue weighted by atomic mass is 32.2. The number of benzene rings is 1. The third kappa shape index (κ3) is 1.97. The summed E-state index contributed by atoms with van der Waals surface area (Å²) in [6, 6.07) is 8.32. The van der Waals surface area contributed by atoms with Crippen LogP contribution in [-0.4, -0.2) is 8.42 Å². The van der Waals surface area contributed by atoms with Crippen molar-refractivity contribution in [1.29, 1.82) is 0 Å². The topological polar surface area (TPSA) is 43.4 Å². The second kappa shape index (κ2) is 3.88. The van der Waals surface area contributed by atoms with Crippen LogP contribution in [0.5, 0.6) is 0 Å². The van der Waals surface area contributed by atoms with Crippen molar-refractivity contribution in [2.45, 2.75) is 30.6 Å². The summed E-state index contributed by atoms with van der Waals surface area (Å²) in [5.74, 6) is 1.32. The van der Waals surface area contributed by atoms with Gasteiger partial charge in [0.15, 0.2) is 0 Å². The lowest BCUT2D eigenvalue weighted by molar-refractivity contribution is 0.367. The van der Waals surface area contributed by atoms with Gasteiger partial charge in [-0.1, -0.05) is 18.2 Å². The number of rotatable bonds is 3. The van der Waals surface area contributed by atoms with E-state index in [2.05, 4.69) is 0 Å². The molecule has 17 heavy (non-hydrogen) atoms. The fourth-order valence-corrected chi connectivity index (χ4v) is 3.66. The van der Waals surface area contributed by atoms with E-state index < -0.39 is 10.1 Å². The second-order valence-corrected chi connectivity index (χ2v) is 6.24. The van der Waals surface area contributed by atoms with E-state index in [1.54, 1.807) is 30.3 Å². The fourth-order valence-electron chi connectivity index (χ4n) is 2.63. The summed E-state index contributed by atoms with van der Waals surface area (Å²) in [5, 5.41) is 0. The lowest BCUT2D eigenvalue weighted by Crippen LogP contribution is -2.08. The smallest absolute Gasteiger partial charge is 0.338 e. The van der Waals surface area contributed by atoms with Gasteiger partial charge in [-0.15, -0.1) is 0 Å². The average Bonchev–Trinajstić information content (AvgIpc) is 2.91. The largest absolute Gasteiger partial charge is 0.384 e. The van der Waals surface area contributed by atoms with Crippen molar-refractivity contribution in [2.24, 2.45) is 5.92 Å². The van der Waals surface area contributed by atoms with Crippen LogP contribution in [0.4, 0.5) is 0 Å². The summed E-state index contributed by atoms with van der Waals surface area (Å²) < 4.78 is 29.3. The van der Waals surface area contributed by atoms with Crippen LogP contribution in [0.15, 0.2) is 46.6 Å². The van der Waals surface area contributed by atoms with Crippen molar-refractivity contribution < 1.29 is 12.6 Å². The summed E-state index contributed by atoms with van der Waals surface area (Å²) in [5.41, 5.74) is 1.20. The molecule has 3 rings (SSSR count). The maximum atomic E-state index is 12.0. The second-order valence-electron chi connectivity index (χ2n) is 4.69. The van der Waals surface area contributed by atoms with Crippen molar-refractivity contribution in [3.63, 3.8) is 0 Å². The molecular formula is C13H14O3S. The van der Waals surface area contributed by atoms with Crippen LogP contribution in [0.25, 0.3) is 0 Å². The zero-order valence-electron chi connectivity index (χ0n) is 9.43. The van der Waals surface area contributed by atoms with Gasteiger partial charge in [0.05, 0.1) is 0 Å². The molecule has 0 heterocycles. The molecule has 2 bridgehead atoms. The van der Waals surface area contributed by atoms with Gasteiger partial charge in [-0.05, 0) is 42.9 Å². The first-order chi connectivity index (χ1) is 8.15. The first kappa shape index (κ1) is 10.8. The summed E-state index contributed by atoms with van der Waals surface area (Å²) in [4.78, 5) is 0.232. The molecule has 4 heteroatoms. The Morgan fingerprint density at radius 1 is 1.12 bits per heavy atom. The normalized spacial score (nSPS) is 23.2. The minimum absolute atomic E-state index is 0.232. The average molecular weight is 250 g/mol. The van der Waals surface area contributed by atoms with Gasteiger partial charge < -0.3 is 4.18 Å². The molecule has 0 radical (unpaired) electrons. The molecule has 1 fully saturated rings. The van der Waals surface area contributed by atoms with Crippen LogP contribution < -0.4 is 0 Å². The molecular weight excluding hydrogens is 236 g/mol. The lowest BCUT2D eigenvalue weighted by atomic mass is 10.1. The predicted molar refractivity (Wildman–Crippen MR) is 63.7 cm³/mol. The standard InChI is InChI=1S/C13H14O3S/c14-17(15,12-4-2-1-3-5-12)16-13-9-10-6-7-11(13)8-10/h1-5,10H,6-9H2. The van der Waals surface area contributed by atoms with E-state index in [1.165, 1.54) is 12.0 Å². The molecule has 1 unspecified atom stereocenters. The molecule has 3 nitrogen and oxygen atoms in total. The molecule has 0 spiro atoms. The highest BCUT2D eigenvalue weighted by Crippen LogP contribution is 2.45. The number of fused-ring (bicyclic) bond motifs is 2. The third-order valence-electron chi connectivity index (χ3n) is 3.50. The van der Waals surface area contributed by atoms with Gasteiger partial charge in [0.1, 0.15) is 10.7 Å². The Morgan fingerprint density at radius 2 is 1.88 bits per heavy atom. The molecule has 1 aromatic rings. The van der Waals surface area contributed by atoms with E-state index in [4.69, 9.17) is 4.18 Å². The van der Waals surface area contributed by atoms with Crippen LogP contribution in [-0.2, 0) is 14.3 Å². The Balaban J connectivity index is 1.87. The van der Waals surface area contributed by atoms with E-state index in [9.17, 15) is 8.42 Å². The lowest BCUT2D eigenvalue weighted by Gasteiger charge is -2.13. The molecule has 2 aliphatic carbocycles. The molecule has 0 amide bonds. The summed E-state index contributed by atoms with van der Waals surface area (Å²) >= 11 is 0. The fraction of sp³-hybridized carbons (Fsp3) is 0.385. The number of hydrogen-bond donors (Lipinski definition) is 0. The highest BCUT2D eigenvalue weighted by molar-refractivity contribution is 7.86. The van der Waals surface area contributed by atoms with E-state index >= 15 is 0 Å². The quantitative estimate of drug-likeness (QED) is 0.775. The Bertz CT molecular complexity index is 558. The Kier molecular flexibility index (Phi) is 2.47. The number of hydrogen-bond acceptors (Lipinski definition) is 3. The van der Waals surface area contributed by atoms with E-state index in [0.29, 0.717) is 11.7 Å².